The Balaban J connectivity index is 2.02. The number of carbonyl (C=O) groups is 3. The first-order valence-corrected chi connectivity index (χ1v) is 10.8. The van der Waals surface area contributed by atoms with Gasteiger partial charge < -0.3 is 9.47 Å². The highest BCUT2D eigenvalue weighted by atomic mass is 35.5. The predicted molar refractivity (Wildman–Crippen MR) is 124 cm³/mol. The summed E-state index contributed by atoms with van der Waals surface area (Å²) in [5, 5.41) is 5.83. The first-order valence-electron chi connectivity index (χ1n) is 9.26. The summed E-state index contributed by atoms with van der Waals surface area (Å²) in [6, 6.07) is 12.4. The summed E-state index contributed by atoms with van der Waals surface area (Å²) in [6.07, 6.45) is 0. The molecule has 0 saturated heterocycles. The molecule has 1 unspecified atom stereocenters. The van der Waals surface area contributed by atoms with Crippen molar-refractivity contribution in [2.24, 2.45) is 10.5 Å². The van der Waals surface area contributed by atoms with E-state index in [1.54, 1.807) is 55.5 Å². The Hall–Kier alpha value is -2.75. The van der Waals surface area contributed by atoms with Gasteiger partial charge in [-0.05, 0) is 48.9 Å². The number of ether oxygens (including phenoxy) is 2. The van der Waals surface area contributed by atoms with Crippen molar-refractivity contribution in [2.45, 2.75) is 6.92 Å². The Labute approximate surface area is 199 Å². The molecule has 1 aliphatic rings. The summed E-state index contributed by atoms with van der Waals surface area (Å²) < 4.78 is 10.8. The van der Waals surface area contributed by atoms with Crippen LogP contribution < -0.4 is 4.31 Å². The van der Waals surface area contributed by atoms with E-state index in [9.17, 15) is 14.4 Å². The van der Waals surface area contributed by atoms with E-state index in [1.807, 2.05) is 0 Å². The van der Waals surface area contributed by atoms with Crippen LogP contribution in [-0.4, -0.2) is 48.8 Å². The molecular weight excluding hydrogens is 477 g/mol. The lowest BCUT2D eigenvalue weighted by Gasteiger charge is -2.26. The van der Waals surface area contributed by atoms with Crippen molar-refractivity contribution in [1.29, 1.82) is 0 Å². The Bertz CT molecular complexity index is 1060. The number of rotatable bonds is 3. The molecule has 2 aromatic carbocycles. The van der Waals surface area contributed by atoms with Crippen molar-refractivity contribution in [3.05, 3.63) is 64.1 Å². The monoisotopic (exact) mass is 495 g/mol. The molecule has 2 amide bonds. The maximum atomic E-state index is 13.4. The summed E-state index contributed by atoms with van der Waals surface area (Å²) in [4.78, 5) is 38.1. The Morgan fingerprint density at radius 2 is 1.56 bits per heavy atom. The molecule has 1 heterocycles. The molecule has 3 rings (SSSR count). The maximum absolute atomic E-state index is 13.4. The van der Waals surface area contributed by atoms with Gasteiger partial charge in [-0.3, -0.25) is 4.79 Å². The van der Waals surface area contributed by atoms with E-state index >= 15 is 0 Å². The number of carbonyl (C=O) groups excluding carboxylic acids is 3. The first kappa shape index (κ1) is 23.9. The van der Waals surface area contributed by atoms with E-state index in [2.05, 4.69) is 5.10 Å². The molecule has 168 valence electrons. The van der Waals surface area contributed by atoms with Crippen molar-refractivity contribution in [1.82, 2.24) is 5.01 Å². The van der Waals surface area contributed by atoms with Crippen LogP contribution in [0.25, 0.3) is 0 Å². The zero-order valence-electron chi connectivity index (χ0n) is 17.4. The largest absolute Gasteiger partial charge is 0.468 e. The minimum Gasteiger partial charge on any atom is -0.468 e. The SMILES string of the molecule is COC(=O)SN(C(=O)N1CC(C)(C(=O)OC)C(c2ccc(Cl)cc2)=N1)c1ccc(Cl)cc1. The molecule has 1 atom stereocenters. The van der Waals surface area contributed by atoms with Crippen LogP contribution in [0.4, 0.5) is 15.3 Å². The lowest BCUT2D eigenvalue weighted by Crippen LogP contribution is -2.43. The lowest BCUT2D eigenvalue weighted by molar-refractivity contribution is -0.147. The molecule has 0 bridgehead atoms. The minimum absolute atomic E-state index is 0.0950. The molecule has 2 aromatic rings. The summed E-state index contributed by atoms with van der Waals surface area (Å²) in [5.74, 6) is -0.555. The summed E-state index contributed by atoms with van der Waals surface area (Å²) in [7, 11) is 2.48. The van der Waals surface area contributed by atoms with Crippen molar-refractivity contribution in [2.75, 3.05) is 25.1 Å². The number of halogens is 2. The second-order valence-corrected chi connectivity index (χ2v) is 8.69. The molecule has 0 N–H and O–H groups in total. The highest BCUT2D eigenvalue weighted by Crippen LogP contribution is 2.35. The van der Waals surface area contributed by atoms with Crippen LogP contribution in [-0.2, 0) is 14.3 Å². The number of hydrazone groups is 1. The van der Waals surface area contributed by atoms with Gasteiger partial charge in [0.25, 0.3) is 0 Å². The number of hydrogen-bond acceptors (Lipinski definition) is 7. The molecule has 0 saturated carbocycles. The van der Waals surface area contributed by atoms with Crippen LogP contribution >= 0.6 is 35.1 Å². The van der Waals surface area contributed by atoms with Gasteiger partial charge >= 0.3 is 17.3 Å². The number of anilines is 1. The average molecular weight is 496 g/mol. The molecule has 0 spiro atoms. The molecule has 8 nitrogen and oxygen atoms in total. The summed E-state index contributed by atoms with van der Waals surface area (Å²) in [5.41, 5.74) is 0.0919. The third-order valence-electron chi connectivity index (χ3n) is 4.75. The number of nitrogens with zero attached hydrogens (tertiary/aromatic N) is 3. The normalized spacial score (nSPS) is 17.5. The van der Waals surface area contributed by atoms with Gasteiger partial charge in [-0.15, -0.1) is 0 Å². The fourth-order valence-electron chi connectivity index (χ4n) is 3.12. The van der Waals surface area contributed by atoms with Gasteiger partial charge in [0.2, 0.25) is 0 Å². The fraction of sp³-hybridized carbons (Fsp3) is 0.238. The number of methoxy groups -OCH3 is 2. The number of esters is 1. The van der Waals surface area contributed by atoms with Crippen molar-refractivity contribution in [3.8, 4) is 0 Å². The van der Waals surface area contributed by atoms with Crippen LogP contribution in [0.3, 0.4) is 0 Å². The average Bonchev–Trinajstić information content (AvgIpc) is 3.16. The third kappa shape index (κ3) is 4.85. The molecule has 1 aliphatic heterocycles. The highest BCUT2D eigenvalue weighted by Gasteiger charge is 2.49. The van der Waals surface area contributed by atoms with Crippen molar-refractivity contribution < 1.29 is 23.9 Å². The van der Waals surface area contributed by atoms with Crippen molar-refractivity contribution in [3.63, 3.8) is 0 Å². The summed E-state index contributed by atoms with van der Waals surface area (Å²) >= 11 is 12.5. The number of urea groups is 1. The van der Waals surface area contributed by atoms with E-state index in [0.717, 1.165) is 9.31 Å². The van der Waals surface area contributed by atoms with Crippen LogP contribution in [0.1, 0.15) is 12.5 Å². The zero-order valence-corrected chi connectivity index (χ0v) is 19.7. The molecule has 0 fully saturated rings. The predicted octanol–water partition coefficient (Wildman–Crippen LogP) is 5.23. The van der Waals surface area contributed by atoms with E-state index in [0.29, 0.717) is 39.0 Å². The summed E-state index contributed by atoms with van der Waals surface area (Å²) in [6.45, 7) is 1.54. The van der Waals surface area contributed by atoms with Gasteiger partial charge in [-0.1, -0.05) is 35.3 Å². The van der Waals surface area contributed by atoms with Crippen LogP contribution in [0.15, 0.2) is 53.6 Å². The van der Waals surface area contributed by atoms with Gasteiger partial charge in [-0.2, -0.15) is 5.10 Å². The topological polar surface area (TPSA) is 88.5 Å². The molecule has 0 aliphatic carbocycles. The number of hydrogen-bond donors (Lipinski definition) is 0. The minimum atomic E-state index is -1.24. The standard InChI is InChI=1S/C21H19Cl2N3O5S/c1-21(18(27)30-2)12-25(24-17(21)13-4-6-14(22)7-5-13)19(28)26(32-20(29)31-3)16-10-8-15(23)9-11-16/h4-11H,12H2,1-3H3. The van der Waals surface area contributed by atoms with Gasteiger partial charge in [0.15, 0.2) is 0 Å². The zero-order chi connectivity index (χ0) is 23.5. The third-order valence-corrected chi connectivity index (χ3v) is 6.12. The smallest absolute Gasteiger partial charge is 0.388 e. The Kier molecular flexibility index (Phi) is 7.33. The second kappa shape index (κ2) is 9.81. The quantitative estimate of drug-likeness (QED) is 0.427. The van der Waals surface area contributed by atoms with E-state index in [1.165, 1.54) is 14.2 Å². The highest BCUT2D eigenvalue weighted by molar-refractivity contribution is 8.15. The molecule has 0 aromatic heterocycles. The van der Waals surface area contributed by atoms with Gasteiger partial charge in [0, 0.05) is 10.0 Å². The van der Waals surface area contributed by atoms with Crippen LogP contribution in [0.5, 0.6) is 0 Å². The lowest BCUT2D eigenvalue weighted by atomic mass is 9.82. The van der Waals surface area contributed by atoms with E-state index in [4.69, 9.17) is 32.7 Å². The Morgan fingerprint density at radius 3 is 2.09 bits per heavy atom. The van der Waals surface area contributed by atoms with Crippen LogP contribution in [0, 0.1) is 5.41 Å². The number of benzene rings is 2. The molecule has 32 heavy (non-hydrogen) atoms. The molecular formula is C21H19Cl2N3O5S. The Morgan fingerprint density at radius 1 is 1.00 bits per heavy atom. The molecule has 0 radical (unpaired) electrons. The fourth-order valence-corrected chi connectivity index (χ4v) is 3.99. The van der Waals surface area contributed by atoms with Gasteiger partial charge in [0.05, 0.1) is 44.1 Å². The van der Waals surface area contributed by atoms with Crippen molar-refractivity contribution >= 4 is 63.9 Å². The molecule has 11 heteroatoms. The van der Waals surface area contributed by atoms with Crippen LogP contribution in [0.2, 0.25) is 10.0 Å². The van der Waals surface area contributed by atoms with E-state index in [-0.39, 0.29) is 6.54 Å². The first-order chi connectivity index (χ1) is 15.2. The maximum Gasteiger partial charge on any atom is 0.388 e. The number of amides is 2. The van der Waals surface area contributed by atoms with E-state index < -0.39 is 22.7 Å². The second-order valence-electron chi connectivity index (χ2n) is 6.94. The van der Waals surface area contributed by atoms with Gasteiger partial charge in [-0.25, -0.2) is 18.9 Å². The van der Waals surface area contributed by atoms with Gasteiger partial charge in [0.1, 0.15) is 5.41 Å².